The molecule has 1 aromatic carbocycles. The van der Waals surface area contributed by atoms with Crippen molar-refractivity contribution in [3.05, 3.63) is 54.7 Å². The molecule has 2 heterocycles. The average Bonchev–Trinajstić information content (AvgIpc) is 2.92. The van der Waals surface area contributed by atoms with Gasteiger partial charge in [-0.2, -0.15) is 0 Å². The number of pyridine rings is 1. The Morgan fingerprint density at radius 1 is 1.22 bits per heavy atom. The molecule has 0 aliphatic carbocycles. The van der Waals surface area contributed by atoms with Crippen molar-refractivity contribution in [3.8, 4) is 5.82 Å². The third kappa shape index (κ3) is 1.88. The van der Waals surface area contributed by atoms with E-state index < -0.39 is 0 Å². The first-order valence-electron chi connectivity index (χ1n) is 6.25. The Hall–Kier alpha value is -2.16. The van der Waals surface area contributed by atoms with Crippen molar-refractivity contribution >= 4 is 10.8 Å². The predicted octanol–water partition coefficient (Wildman–Crippen LogP) is 3.37. The highest BCUT2D eigenvalue weighted by atomic mass is 15.1. The fourth-order valence-corrected chi connectivity index (χ4v) is 2.20. The second-order valence-corrected chi connectivity index (χ2v) is 4.38. The van der Waals surface area contributed by atoms with E-state index >= 15 is 0 Å². The van der Waals surface area contributed by atoms with Gasteiger partial charge in [0.05, 0.1) is 0 Å². The summed E-state index contributed by atoms with van der Waals surface area (Å²) in [4.78, 5) is 8.86. The number of benzene rings is 1. The molecule has 0 aliphatic rings. The predicted molar refractivity (Wildman–Crippen MR) is 72.9 cm³/mol. The average molecular weight is 237 g/mol. The number of hydrogen-bond donors (Lipinski definition) is 0. The van der Waals surface area contributed by atoms with Crippen molar-refractivity contribution in [2.24, 2.45) is 0 Å². The number of fused-ring (bicyclic) bond motifs is 1. The van der Waals surface area contributed by atoms with Crippen LogP contribution in [-0.2, 0) is 6.42 Å². The van der Waals surface area contributed by atoms with Gasteiger partial charge < -0.3 is 0 Å². The standard InChI is InChI=1S/C15H15N3/c1-2-5-13-10-12-6-3-4-7-14(12)15(17-13)18-9-8-16-11-18/h3-4,6-11H,2,5H2,1H3. The van der Waals surface area contributed by atoms with Crippen molar-refractivity contribution in [2.45, 2.75) is 19.8 Å². The first-order chi connectivity index (χ1) is 8.88. The third-order valence-electron chi connectivity index (χ3n) is 3.03. The van der Waals surface area contributed by atoms with Gasteiger partial charge in [-0.05, 0) is 17.9 Å². The topological polar surface area (TPSA) is 30.7 Å². The normalized spacial score (nSPS) is 10.9. The Morgan fingerprint density at radius 3 is 2.89 bits per heavy atom. The van der Waals surface area contributed by atoms with Crippen molar-refractivity contribution in [3.63, 3.8) is 0 Å². The van der Waals surface area contributed by atoms with Gasteiger partial charge in [0, 0.05) is 23.5 Å². The van der Waals surface area contributed by atoms with Gasteiger partial charge in [0.25, 0.3) is 0 Å². The monoisotopic (exact) mass is 237 g/mol. The van der Waals surface area contributed by atoms with E-state index in [1.165, 1.54) is 5.39 Å². The van der Waals surface area contributed by atoms with E-state index in [0.29, 0.717) is 0 Å². The molecule has 0 radical (unpaired) electrons. The van der Waals surface area contributed by atoms with E-state index in [1.807, 2.05) is 16.8 Å². The van der Waals surface area contributed by atoms with E-state index in [2.05, 4.69) is 36.2 Å². The van der Waals surface area contributed by atoms with E-state index in [9.17, 15) is 0 Å². The van der Waals surface area contributed by atoms with Crippen LogP contribution in [0.5, 0.6) is 0 Å². The van der Waals surface area contributed by atoms with Crippen LogP contribution in [-0.4, -0.2) is 14.5 Å². The quantitative estimate of drug-likeness (QED) is 0.699. The first-order valence-corrected chi connectivity index (χ1v) is 6.25. The zero-order valence-corrected chi connectivity index (χ0v) is 10.4. The lowest BCUT2D eigenvalue weighted by Crippen LogP contribution is -2.00. The van der Waals surface area contributed by atoms with Crippen LogP contribution in [0.4, 0.5) is 0 Å². The largest absolute Gasteiger partial charge is 0.290 e. The Morgan fingerprint density at radius 2 is 2.11 bits per heavy atom. The van der Waals surface area contributed by atoms with Crippen molar-refractivity contribution < 1.29 is 0 Å². The molecule has 3 nitrogen and oxygen atoms in total. The van der Waals surface area contributed by atoms with Gasteiger partial charge >= 0.3 is 0 Å². The van der Waals surface area contributed by atoms with E-state index in [1.54, 1.807) is 12.5 Å². The van der Waals surface area contributed by atoms with Gasteiger partial charge in [-0.3, -0.25) is 4.57 Å². The molecule has 0 spiro atoms. The molecule has 3 heteroatoms. The fraction of sp³-hybridized carbons (Fsp3) is 0.200. The number of nitrogens with zero attached hydrogens (tertiary/aromatic N) is 3. The van der Waals surface area contributed by atoms with Crippen LogP contribution in [0.1, 0.15) is 19.0 Å². The minimum absolute atomic E-state index is 0.967. The highest BCUT2D eigenvalue weighted by Gasteiger charge is 2.06. The molecule has 0 aliphatic heterocycles. The molecule has 2 aromatic heterocycles. The summed E-state index contributed by atoms with van der Waals surface area (Å²) in [5.74, 6) is 0.967. The van der Waals surface area contributed by atoms with Gasteiger partial charge in [-0.25, -0.2) is 9.97 Å². The molecule has 3 aromatic rings. The Labute approximate surface area is 106 Å². The van der Waals surface area contributed by atoms with Crippen LogP contribution in [0, 0.1) is 0 Å². The first kappa shape index (κ1) is 11.0. The van der Waals surface area contributed by atoms with Crippen molar-refractivity contribution in [1.82, 2.24) is 14.5 Å². The summed E-state index contributed by atoms with van der Waals surface area (Å²) in [5, 5.41) is 2.40. The second-order valence-electron chi connectivity index (χ2n) is 4.38. The number of hydrogen-bond acceptors (Lipinski definition) is 2. The molecular weight excluding hydrogens is 222 g/mol. The zero-order chi connectivity index (χ0) is 12.4. The van der Waals surface area contributed by atoms with Gasteiger partial charge in [0.2, 0.25) is 0 Å². The maximum absolute atomic E-state index is 4.76. The Kier molecular flexibility index (Phi) is 2.81. The molecule has 0 amide bonds. The summed E-state index contributed by atoms with van der Waals surface area (Å²) < 4.78 is 1.97. The van der Waals surface area contributed by atoms with Crippen LogP contribution < -0.4 is 0 Å². The number of rotatable bonds is 3. The highest BCUT2D eigenvalue weighted by molar-refractivity contribution is 5.88. The van der Waals surface area contributed by atoms with Crippen molar-refractivity contribution in [2.75, 3.05) is 0 Å². The Bertz CT molecular complexity index is 657. The molecule has 0 fully saturated rings. The van der Waals surface area contributed by atoms with Crippen molar-refractivity contribution in [1.29, 1.82) is 0 Å². The molecule has 0 bridgehead atoms. The summed E-state index contributed by atoms with van der Waals surface area (Å²) in [6.07, 6.45) is 7.62. The molecular formula is C15H15N3. The van der Waals surface area contributed by atoms with E-state index in [-0.39, 0.29) is 0 Å². The van der Waals surface area contributed by atoms with Gasteiger partial charge in [-0.1, -0.05) is 37.6 Å². The van der Waals surface area contributed by atoms with Gasteiger partial charge in [-0.15, -0.1) is 0 Å². The summed E-state index contributed by atoms with van der Waals surface area (Å²) in [6.45, 7) is 2.17. The zero-order valence-electron chi connectivity index (χ0n) is 10.4. The van der Waals surface area contributed by atoms with Crippen LogP contribution in [0.3, 0.4) is 0 Å². The van der Waals surface area contributed by atoms with Gasteiger partial charge in [0.1, 0.15) is 12.1 Å². The molecule has 18 heavy (non-hydrogen) atoms. The summed E-state index contributed by atoms with van der Waals surface area (Å²) >= 11 is 0. The lowest BCUT2D eigenvalue weighted by Gasteiger charge is -2.09. The lowest BCUT2D eigenvalue weighted by atomic mass is 10.1. The summed E-state index contributed by atoms with van der Waals surface area (Å²) in [5.41, 5.74) is 1.14. The molecule has 90 valence electrons. The second kappa shape index (κ2) is 4.61. The minimum Gasteiger partial charge on any atom is -0.290 e. The summed E-state index contributed by atoms with van der Waals surface area (Å²) in [7, 11) is 0. The molecule has 0 N–H and O–H groups in total. The number of aryl methyl sites for hydroxylation is 1. The molecule has 0 atom stereocenters. The SMILES string of the molecule is CCCc1cc2ccccc2c(-n2ccnc2)n1. The maximum atomic E-state index is 4.76. The van der Waals surface area contributed by atoms with Crippen LogP contribution in [0.2, 0.25) is 0 Å². The van der Waals surface area contributed by atoms with Gasteiger partial charge in [0.15, 0.2) is 0 Å². The molecule has 0 saturated heterocycles. The summed E-state index contributed by atoms with van der Waals surface area (Å²) in [6, 6.07) is 10.5. The smallest absolute Gasteiger partial charge is 0.146 e. The number of imidazole rings is 1. The minimum atomic E-state index is 0.967. The lowest BCUT2D eigenvalue weighted by molar-refractivity contribution is 0.869. The van der Waals surface area contributed by atoms with E-state index in [0.717, 1.165) is 29.7 Å². The maximum Gasteiger partial charge on any atom is 0.146 e. The van der Waals surface area contributed by atoms with Crippen LogP contribution in [0.25, 0.3) is 16.6 Å². The Balaban J connectivity index is 2.27. The highest BCUT2D eigenvalue weighted by Crippen LogP contribution is 2.22. The molecule has 0 unspecified atom stereocenters. The van der Waals surface area contributed by atoms with Crippen LogP contribution >= 0.6 is 0 Å². The van der Waals surface area contributed by atoms with Crippen LogP contribution in [0.15, 0.2) is 49.1 Å². The van der Waals surface area contributed by atoms with E-state index in [4.69, 9.17) is 4.98 Å². The molecule has 0 saturated carbocycles. The third-order valence-corrected chi connectivity index (χ3v) is 3.03. The number of aromatic nitrogens is 3. The fourth-order valence-electron chi connectivity index (χ4n) is 2.20. The molecule has 3 rings (SSSR count).